The molecule has 0 aliphatic carbocycles. The lowest BCUT2D eigenvalue weighted by Gasteiger charge is -2.38. The third kappa shape index (κ3) is 18.6. The van der Waals surface area contributed by atoms with Crippen molar-refractivity contribution in [2.24, 2.45) is 17.6 Å². The maximum Gasteiger partial charge on any atom is 0.326 e. The Morgan fingerprint density at radius 1 is 0.612 bits per heavy atom. The Bertz CT molecular complexity index is 3380. The van der Waals surface area contributed by atoms with Crippen LogP contribution in [0.3, 0.4) is 0 Å². The van der Waals surface area contributed by atoms with Crippen LogP contribution in [0.25, 0.3) is 22.3 Å². The number of hydrogen-bond acceptors (Lipinski definition) is 13. The van der Waals surface area contributed by atoms with Gasteiger partial charge in [-0.25, -0.2) is 22.4 Å². The molecule has 4 N–H and O–H groups in total. The predicted octanol–water partition coefficient (Wildman–Crippen LogP) is 9.89. The average Bonchev–Trinajstić information content (AvgIpc) is 3.46. The molecule has 2 aliphatic heterocycles. The molecule has 2 aromatic carbocycles. The number of nitrogens with two attached hydrogens (primary N) is 1. The van der Waals surface area contributed by atoms with E-state index < -0.39 is 59.4 Å². The van der Waals surface area contributed by atoms with Crippen LogP contribution in [0, 0.1) is 39.5 Å². The number of esters is 2. The number of aryl methyl sites for hydroxylation is 4. The van der Waals surface area contributed by atoms with Gasteiger partial charge in [-0.15, -0.1) is 0 Å². The normalized spacial score (nSPS) is 15.8. The topological polar surface area (TPSA) is 221 Å². The van der Waals surface area contributed by atoms with Gasteiger partial charge in [-0.1, -0.05) is 76.2 Å². The van der Waals surface area contributed by atoms with Gasteiger partial charge < -0.3 is 34.8 Å². The summed E-state index contributed by atoms with van der Waals surface area (Å²) in [5, 5.41) is 12.3. The van der Waals surface area contributed by atoms with E-state index >= 15 is 0 Å². The second-order valence-corrected chi connectivity index (χ2v) is 23.0. The number of carbonyl (C=O) groups excluding carboxylic acids is 3. The van der Waals surface area contributed by atoms with Crippen molar-refractivity contribution in [3.05, 3.63) is 175 Å². The lowest BCUT2D eigenvalue weighted by molar-refractivity contribution is -0.142. The zero-order valence-electron chi connectivity index (χ0n) is 49.9. The minimum atomic E-state index is -2.70. The van der Waals surface area contributed by atoms with E-state index in [1.807, 2.05) is 84.1 Å². The molecule has 17 nitrogen and oxygen atoms in total. The van der Waals surface area contributed by atoms with Gasteiger partial charge >= 0.3 is 17.9 Å². The summed E-state index contributed by atoms with van der Waals surface area (Å²) in [6.45, 7) is 15.1. The van der Waals surface area contributed by atoms with Crippen LogP contribution < -0.4 is 22.2 Å². The van der Waals surface area contributed by atoms with Gasteiger partial charge in [-0.3, -0.25) is 43.7 Å². The summed E-state index contributed by atoms with van der Waals surface area (Å²) in [6.07, 6.45) is 10.6. The third-order valence-corrected chi connectivity index (χ3v) is 14.7. The lowest BCUT2D eigenvalue weighted by atomic mass is 9.94. The summed E-state index contributed by atoms with van der Waals surface area (Å²) < 4.78 is 64.5. The number of ether oxygens (including phenoxy) is 2. The van der Waals surface area contributed by atoms with Crippen LogP contribution in [0.1, 0.15) is 122 Å². The number of carboxylic acid groups (broad SMARTS) is 1. The number of nitrogens with zero attached hydrogens (tertiary/aromatic N) is 6. The van der Waals surface area contributed by atoms with Gasteiger partial charge in [-0.05, 0) is 120 Å². The van der Waals surface area contributed by atoms with E-state index in [0.29, 0.717) is 29.5 Å². The first-order valence-electron chi connectivity index (χ1n) is 28.1. The largest absolute Gasteiger partial charge is 0.480 e. The van der Waals surface area contributed by atoms with Crippen molar-refractivity contribution in [2.75, 3.05) is 40.4 Å². The predicted molar refractivity (Wildman–Crippen MR) is 316 cm³/mol. The van der Waals surface area contributed by atoms with Crippen molar-refractivity contribution in [1.82, 2.24) is 34.2 Å². The van der Waals surface area contributed by atoms with Gasteiger partial charge in [0.1, 0.15) is 12.1 Å². The fourth-order valence-corrected chi connectivity index (χ4v) is 10.6. The second kappa shape index (κ2) is 29.3. The smallest absolute Gasteiger partial charge is 0.326 e. The summed E-state index contributed by atoms with van der Waals surface area (Å²) in [5.41, 5.74) is 16.6. The molecule has 0 saturated carbocycles. The molecular weight excluding hydrogens is 1100 g/mol. The Kier molecular flexibility index (Phi) is 22.8. The molecule has 21 heteroatoms. The molecule has 2 unspecified atom stereocenters. The van der Waals surface area contributed by atoms with E-state index in [-0.39, 0.29) is 75.5 Å². The number of benzene rings is 2. The Morgan fingerprint density at radius 3 is 1.42 bits per heavy atom. The number of hydrogen-bond donors (Lipinski definition) is 3. The van der Waals surface area contributed by atoms with Gasteiger partial charge in [0.25, 0.3) is 23.0 Å². The van der Waals surface area contributed by atoms with Crippen molar-refractivity contribution in [2.45, 2.75) is 130 Å². The summed E-state index contributed by atoms with van der Waals surface area (Å²) in [4.78, 5) is 85.8. The number of alkyl halides is 4. The number of pyridine rings is 4. The molecule has 6 aromatic rings. The first-order chi connectivity index (χ1) is 40.1. The highest BCUT2D eigenvalue weighted by Gasteiger charge is 2.44. The molecule has 1 amide bonds. The number of amides is 1. The van der Waals surface area contributed by atoms with Crippen molar-refractivity contribution in [1.29, 1.82) is 0 Å². The van der Waals surface area contributed by atoms with Crippen LogP contribution in [0.5, 0.6) is 0 Å². The number of aromatic nitrogens is 4. The van der Waals surface area contributed by atoms with E-state index in [0.717, 1.165) is 38.9 Å². The van der Waals surface area contributed by atoms with Gasteiger partial charge in [0.05, 0.1) is 59.3 Å². The van der Waals surface area contributed by atoms with Crippen LogP contribution in [-0.4, -0.2) is 110 Å². The van der Waals surface area contributed by atoms with Crippen LogP contribution >= 0.6 is 0 Å². The van der Waals surface area contributed by atoms with E-state index in [1.165, 1.54) is 52.8 Å². The fraction of sp³-hybridized carbons (Fsp3) is 0.438. The van der Waals surface area contributed by atoms with Crippen LogP contribution in [-0.2, 0) is 41.7 Å². The molecule has 85 heavy (non-hydrogen) atoms. The minimum Gasteiger partial charge on any atom is -0.480 e. The summed E-state index contributed by atoms with van der Waals surface area (Å²) in [5.74, 6) is -7.51. The summed E-state index contributed by atoms with van der Waals surface area (Å²) in [7, 11) is 2.65. The number of likely N-dealkylation sites (tertiary alicyclic amines) is 2. The van der Waals surface area contributed by atoms with Gasteiger partial charge in [0.15, 0.2) is 0 Å². The Hall–Kier alpha value is -7.88. The fourth-order valence-electron chi connectivity index (χ4n) is 10.6. The highest BCUT2D eigenvalue weighted by molar-refractivity contribution is 5.82. The minimum absolute atomic E-state index is 0.0541. The Labute approximate surface area is 493 Å². The van der Waals surface area contributed by atoms with Crippen LogP contribution in [0.2, 0.25) is 0 Å². The lowest BCUT2D eigenvalue weighted by Crippen LogP contribution is -2.55. The molecule has 0 spiro atoms. The zero-order valence-corrected chi connectivity index (χ0v) is 49.9. The number of rotatable bonds is 21. The quantitative estimate of drug-likeness (QED) is 0.0451. The van der Waals surface area contributed by atoms with Crippen molar-refractivity contribution in [3.8, 4) is 22.3 Å². The van der Waals surface area contributed by atoms with Crippen LogP contribution in [0.15, 0.2) is 120 Å². The highest BCUT2D eigenvalue weighted by Crippen LogP contribution is 2.33. The standard InChI is InChI=1S/C32H38F2N4O4.C17H20N2O2.C15H20F2N2O3/c1-20(2)11-27(38-17-23(9-10-28(38)39)16-37-18-32(33,34)19-37)31(41)36-26(13-29(40)42-5)24-12-25(15-35-14-24)30-21(3)7-6-8-22(30)4;1-11-5-4-6-12(2)17(11)14-7-13(9-19-10-14)15(18)8-16(20)21-3;1-10(2)5-12(14(21)22)19-7-11(3-4-13(19)20)6-18-8-15(16,17)9-18/h6-10,12,14-15,17,20,26-27H,11,13,16,18-19H2,1-5H3,(H,36,41);4-7,9-10,15H,8,18H2,1-3H3;3-4,7,10,12H,5-6,8-9H2,1-2H3,(H,21,22)/t26-,27?;15-;/m00./s1. The van der Waals surface area contributed by atoms with Gasteiger partial charge in [0, 0.05) is 79.6 Å². The third-order valence-electron chi connectivity index (χ3n) is 14.7. The van der Waals surface area contributed by atoms with E-state index in [1.54, 1.807) is 46.7 Å². The van der Waals surface area contributed by atoms with E-state index in [4.69, 9.17) is 10.5 Å². The molecule has 456 valence electrons. The first kappa shape index (κ1) is 66.3. The summed E-state index contributed by atoms with van der Waals surface area (Å²) in [6, 6.07) is 18.9. The molecule has 2 saturated heterocycles. The van der Waals surface area contributed by atoms with Crippen molar-refractivity contribution < 1.29 is 51.3 Å². The van der Waals surface area contributed by atoms with Crippen molar-refractivity contribution in [3.63, 3.8) is 0 Å². The molecule has 2 fully saturated rings. The molecule has 4 aromatic heterocycles. The zero-order chi connectivity index (χ0) is 62.5. The molecular formula is C64H78F4N8O9. The number of halogens is 4. The van der Waals surface area contributed by atoms with E-state index in [2.05, 4.69) is 46.0 Å². The number of methoxy groups -OCH3 is 2. The SMILES string of the molecule is CC(C)CC(C(=O)O)n1cc(CN2CC(F)(F)C2)ccc1=O.COC(=O)C[C@H](N)c1cncc(-c2c(C)cccc2C)c1.COC(=O)C[C@H](NC(=O)C(CC(C)C)n1cc(CN2CC(F)(F)C2)ccc1=O)c1cncc(-c2c(C)cccc2C)c1. The summed E-state index contributed by atoms with van der Waals surface area (Å²) >= 11 is 0. The Morgan fingerprint density at radius 2 is 1.01 bits per heavy atom. The number of carbonyl (C=O) groups is 4. The average molecular weight is 1180 g/mol. The van der Waals surface area contributed by atoms with Gasteiger partial charge in [0.2, 0.25) is 5.91 Å². The molecule has 8 rings (SSSR count). The number of aliphatic carboxylic acids is 1. The molecule has 2 aliphatic rings. The molecule has 0 radical (unpaired) electrons. The maximum absolute atomic E-state index is 13.9. The highest BCUT2D eigenvalue weighted by atomic mass is 19.3. The Balaban J connectivity index is 0.000000226. The second-order valence-electron chi connectivity index (χ2n) is 23.0. The monoisotopic (exact) mass is 1180 g/mol. The number of nitrogens with one attached hydrogen (secondary N) is 1. The van der Waals surface area contributed by atoms with Crippen molar-refractivity contribution >= 4 is 23.8 Å². The molecule has 4 atom stereocenters. The maximum atomic E-state index is 13.9. The first-order valence-corrected chi connectivity index (χ1v) is 28.1. The molecule has 0 bridgehead atoms. The van der Waals surface area contributed by atoms with Crippen LogP contribution in [0.4, 0.5) is 17.6 Å². The van der Waals surface area contributed by atoms with E-state index in [9.17, 15) is 51.4 Å². The molecule has 6 heterocycles. The van der Waals surface area contributed by atoms with Gasteiger partial charge in [-0.2, -0.15) is 0 Å². The number of carboxylic acids is 1.